The van der Waals surface area contributed by atoms with Crippen LogP contribution in [-0.2, 0) is 18.4 Å². The molecule has 0 unspecified atom stereocenters. The first-order valence-electron chi connectivity index (χ1n) is 5.48. The van der Waals surface area contributed by atoms with Crippen molar-refractivity contribution < 1.29 is 9.90 Å². The third kappa shape index (κ3) is 2.41. The van der Waals surface area contributed by atoms with Crippen molar-refractivity contribution in [1.82, 2.24) is 14.7 Å². The smallest absolute Gasteiger partial charge is 0.303 e. The van der Waals surface area contributed by atoms with Gasteiger partial charge in [-0.3, -0.25) is 14.4 Å². The Balaban J connectivity index is 1.81. The minimum absolute atomic E-state index is 0.293. The van der Waals surface area contributed by atoms with E-state index in [1.165, 1.54) is 5.69 Å². The Morgan fingerprint density at radius 3 is 2.81 bits per heavy atom. The molecule has 1 aliphatic heterocycles. The molecule has 2 rings (SSSR count). The van der Waals surface area contributed by atoms with Crippen LogP contribution in [0.25, 0.3) is 0 Å². The first-order valence-corrected chi connectivity index (χ1v) is 5.48. The number of nitrogens with zero attached hydrogens (tertiary/aromatic N) is 3. The Hall–Kier alpha value is -1.36. The van der Waals surface area contributed by atoms with E-state index in [-0.39, 0.29) is 0 Å². The topological polar surface area (TPSA) is 58.4 Å². The van der Waals surface area contributed by atoms with Crippen LogP contribution in [0.15, 0.2) is 6.07 Å². The fourth-order valence-corrected chi connectivity index (χ4v) is 2.22. The van der Waals surface area contributed by atoms with Crippen LogP contribution in [0.5, 0.6) is 0 Å². The largest absolute Gasteiger partial charge is 0.481 e. The van der Waals surface area contributed by atoms with Crippen molar-refractivity contribution in [2.75, 3.05) is 13.1 Å². The second-order valence-electron chi connectivity index (χ2n) is 4.56. The monoisotopic (exact) mass is 223 g/mol. The standard InChI is InChI=1S/C11H17N3O2/c1-8-3-10(13(2)12-8)7-14-5-9(6-14)4-11(15)16/h3,9H,4-7H2,1-2H3,(H,15,16). The Labute approximate surface area is 94.7 Å². The summed E-state index contributed by atoms with van der Waals surface area (Å²) in [6, 6.07) is 2.07. The van der Waals surface area contributed by atoms with Crippen molar-refractivity contribution in [1.29, 1.82) is 0 Å². The quantitative estimate of drug-likeness (QED) is 0.813. The molecule has 0 saturated carbocycles. The number of hydrogen-bond donors (Lipinski definition) is 1. The van der Waals surface area contributed by atoms with Gasteiger partial charge in [0, 0.05) is 26.7 Å². The van der Waals surface area contributed by atoms with Crippen LogP contribution in [0.2, 0.25) is 0 Å². The zero-order valence-corrected chi connectivity index (χ0v) is 9.68. The summed E-state index contributed by atoms with van der Waals surface area (Å²) in [5, 5.41) is 12.9. The van der Waals surface area contributed by atoms with Gasteiger partial charge in [-0.15, -0.1) is 0 Å². The van der Waals surface area contributed by atoms with Crippen molar-refractivity contribution in [2.24, 2.45) is 13.0 Å². The molecule has 0 aliphatic carbocycles. The molecule has 1 aromatic heterocycles. The van der Waals surface area contributed by atoms with E-state index in [0.717, 1.165) is 25.3 Å². The maximum Gasteiger partial charge on any atom is 0.303 e. The number of carboxylic acid groups (broad SMARTS) is 1. The van der Waals surface area contributed by atoms with Crippen LogP contribution in [0, 0.1) is 12.8 Å². The van der Waals surface area contributed by atoms with E-state index < -0.39 is 5.97 Å². The summed E-state index contributed by atoms with van der Waals surface area (Å²) in [5.41, 5.74) is 2.21. The summed E-state index contributed by atoms with van der Waals surface area (Å²) in [7, 11) is 1.94. The Morgan fingerprint density at radius 2 is 2.31 bits per heavy atom. The van der Waals surface area contributed by atoms with Gasteiger partial charge in [0.1, 0.15) is 0 Å². The third-order valence-corrected chi connectivity index (χ3v) is 2.98. The third-order valence-electron chi connectivity index (χ3n) is 2.98. The molecule has 1 aliphatic rings. The molecule has 1 saturated heterocycles. The molecule has 1 aromatic rings. The van der Waals surface area contributed by atoms with Crippen LogP contribution >= 0.6 is 0 Å². The van der Waals surface area contributed by atoms with E-state index in [9.17, 15) is 4.79 Å². The average molecular weight is 223 g/mol. The fraction of sp³-hybridized carbons (Fsp3) is 0.636. The molecule has 0 amide bonds. The second kappa shape index (κ2) is 4.25. The van der Waals surface area contributed by atoms with Crippen LogP contribution < -0.4 is 0 Å². The van der Waals surface area contributed by atoms with Gasteiger partial charge in [0.05, 0.1) is 17.8 Å². The lowest BCUT2D eigenvalue weighted by atomic mass is 9.96. The first-order chi connectivity index (χ1) is 7.54. The SMILES string of the molecule is Cc1cc(CN2CC(CC(=O)O)C2)n(C)n1. The molecular weight excluding hydrogens is 206 g/mol. The molecule has 5 nitrogen and oxygen atoms in total. The number of aromatic nitrogens is 2. The van der Waals surface area contributed by atoms with E-state index in [1.54, 1.807) is 0 Å². The van der Waals surface area contributed by atoms with Gasteiger partial charge >= 0.3 is 5.97 Å². The van der Waals surface area contributed by atoms with Crippen LogP contribution in [0.3, 0.4) is 0 Å². The summed E-state index contributed by atoms with van der Waals surface area (Å²) in [5.74, 6) is -0.368. The lowest BCUT2D eigenvalue weighted by Gasteiger charge is -2.38. The van der Waals surface area contributed by atoms with Crippen LogP contribution in [0.4, 0.5) is 0 Å². The summed E-state index contributed by atoms with van der Waals surface area (Å²) in [4.78, 5) is 12.7. The molecular formula is C11H17N3O2. The second-order valence-corrected chi connectivity index (χ2v) is 4.56. The normalized spacial score (nSPS) is 17.4. The van der Waals surface area contributed by atoms with Crippen molar-refractivity contribution in [2.45, 2.75) is 19.9 Å². The number of carbonyl (C=O) groups is 1. The Morgan fingerprint density at radius 1 is 1.62 bits per heavy atom. The van der Waals surface area contributed by atoms with Gasteiger partial charge in [0.25, 0.3) is 0 Å². The Kier molecular flexibility index (Phi) is 2.96. The van der Waals surface area contributed by atoms with Crippen molar-refractivity contribution in [3.05, 3.63) is 17.5 Å². The number of likely N-dealkylation sites (tertiary alicyclic amines) is 1. The molecule has 16 heavy (non-hydrogen) atoms. The highest BCUT2D eigenvalue weighted by Gasteiger charge is 2.28. The van der Waals surface area contributed by atoms with Crippen molar-refractivity contribution in [3.8, 4) is 0 Å². The number of aliphatic carboxylic acids is 1. The summed E-state index contributed by atoms with van der Waals surface area (Å²) >= 11 is 0. The predicted octanol–water partition coefficient (Wildman–Crippen LogP) is 0.635. The summed E-state index contributed by atoms with van der Waals surface area (Å²) in [6.07, 6.45) is 0.293. The maximum atomic E-state index is 10.5. The van der Waals surface area contributed by atoms with E-state index in [0.29, 0.717) is 12.3 Å². The molecule has 0 bridgehead atoms. The average Bonchev–Trinajstić information content (AvgIpc) is 2.40. The van der Waals surface area contributed by atoms with Gasteiger partial charge in [-0.2, -0.15) is 5.10 Å². The zero-order chi connectivity index (χ0) is 11.7. The molecule has 88 valence electrons. The van der Waals surface area contributed by atoms with Gasteiger partial charge in [-0.05, 0) is 18.9 Å². The molecule has 0 radical (unpaired) electrons. The Bertz CT molecular complexity index is 394. The van der Waals surface area contributed by atoms with Gasteiger partial charge in [-0.25, -0.2) is 0 Å². The number of rotatable bonds is 4. The molecule has 0 atom stereocenters. The molecule has 1 fully saturated rings. The molecule has 2 heterocycles. The number of aryl methyl sites for hydroxylation is 2. The minimum atomic E-state index is -0.693. The van der Waals surface area contributed by atoms with E-state index in [4.69, 9.17) is 5.11 Å². The summed E-state index contributed by atoms with van der Waals surface area (Å²) < 4.78 is 1.89. The minimum Gasteiger partial charge on any atom is -0.481 e. The van der Waals surface area contributed by atoms with Gasteiger partial charge in [-0.1, -0.05) is 0 Å². The highest BCUT2D eigenvalue weighted by molar-refractivity contribution is 5.67. The van der Waals surface area contributed by atoms with Crippen LogP contribution in [0.1, 0.15) is 17.8 Å². The van der Waals surface area contributed by atoms with Gasteiger partial charge in [0.2, 0.25) is 0 Å². The molecule has 0 spiro atoms. The van der Waals surface area contributed by atoms with Crippen molar-refractivity contribution >= 4 is 5.97 Å². The van der Waals surface area contributed by atoms with Crippen LogP contribution in [-0.4, -0.2) is 38.8 Å². The van der Waals surface area contributed by atoms with E-state index in [1.807, 2.05) is 18.7 Å². The predicted molar refractivity (Wildman–Crippen MR) is 59.0 cm³/mol. The molecule has 5 heteroatoms. The zero-order valence-electron chi connectivity index (χ0n) is 9.68. The number of carboxylic acids is 1. The fourth-order valence-electron chi connectivity index (χ4n) is 2.22. The van der Waals surface area contributed by atoms with E-state index in [2.05, 4.69) is 16.1 Å². The number of hydrogen-bond acceptors (Lipinski definition) is 3. The summed E-state index contributed by atoms with van der Waals surface area (Å²) in [6.45, 7) is 4.62. The maximum absolute atomic E-state index is 10.5. The van der Waals surface area contributed by atoms with E-state index >= 15 is 0 Å². The molecule has 0 aromatic carbocycles. The highest BCUT2D eigenvalue weighted by atomic mass is 16.4. The van der Waals surface area contributed by atoms with Gasteiger partial charge in [0.15, 0.2) is 0 Å². The first kappa shape index (κ1) is 11.1. The lowest BCUT2D eigenvalue weighted by Crippen LogP contribution is -2.46. The van der Waals surface area contributed by atoms with Gasteiger partial charge < -0.3 is 5.11 Å². The molecule has 1 N–H and O–H groups in total. The highest BCUT2D eigenvalue weighted by Crippen LogP contribution is 2.21. The van der Waals surface area contributed by atoms with Crippen molar-refractivity contribution in [3.63, 3.8) is 0 Å². The lowest BCUT2D eigenvalue weighted by molar-refractivity contribution is -0.139.